The van der Waals surface area contributed by atoms with Crippen molar-refractivity contribution >= 4 is 32.5 Å². The quantitative estimate of drug-likeness (QED) is 0.838. The van der Waals surface area contributed by atoms with E-state index in [2.05, 4.69) is 15.9 Å². The highest BCUT2D eigenvalue weighted by Crippen LogP contribution is 2.20. The number of carbonyl (C=O) groups excluding carboxylic acids is 1. The summed E-state index contributed by atoms with van der Waals surface area (Å²) in [4.78, 5) is 12.6. The molecule has 0 aliphatic heterocycles. The van der Waals surface area contributed by atoms with Crippen molar-refractivity contribution in [2.45, 2.75) is 11.3 Å². The normalized spacial score (nSPS) is 12.1. The molecule has 0 aliphatic carbocycles. The minimum absolute atomic E-state index is 0.0136. The van der Waals surface area contributed by atoms with Crippen molar-refractivity contribution in [3.63, 3.8) is 0 Å². The minimum Gasteiger partial charge on any atom is -0.298 e. The first-order valence-electron chi connectivity index (χ1n) is 5.85. The molecule has 0 aliphatic rings. The zero-order valence-corrected chi connectivity index (χ0v) is 12.6. The Morgan fingerprint density at radius 1 is 1.00 bits per heavy atom. The van der Waals surface area contributed by atoms with Gasteiger partial charge in [0.25, 0.3) is 0 Å². The summed E-state index contributed by atoms with van der Waals surface area (Å²) in [6.45, 7) is 0. The third-order valence-corrected chi connectivity index (χ3v) is 5.00. The first kappa shape index (κ1) is 14.2. The van der Waals surface area contributed by atoms with Crippen LogP contribution in [-0.4, -0.2) is 15.7 Å². The van der Waals surface area contributed by atoms with Crippen molar-refractivity contribution in [2.75, 3.05) is 5.75 Å². The van der Waals surface area contributed by atoms with Crippen LogP contribution in [0.1, 0.15) is 5.56 Å². The van der Waals surface area contributed by atoms with Gasteiger partial charge in [-0.2, -0.15) is 0 Å². The zero-order chi connectivity index (χ0) is 13.7. The summed E-state index contributed by atoms with van der Waals surface area (Å²) in [5, 5.41) is 0. The molecule has 2 nitrogen and oxygen atoms in total. The Morgan fingerprint density at radius 2 is 1.63 bits per heavy atom. The van der Waals surface area contributed by atoms with Crippen LogP contribution in [0, 0.1) is 0 Å². The third-order valence-electron chi connectivity index (χ3n) is 2.62. The van der Waals surface area contributed by atoms with Crippen LogP contribution >= 0.6 is 15.9 Å². The summed E-state index contributed by atoms with van der Waals surface area (Å²) in [7, 11) is -1.30. The summed E-state index contributed by atoms with van der Waals surface area (Å²) < 4.78 is 12.9. The monoisotopic (exact) mass is 336 g/mol. The van der Waals surface area contributed by atoms with Crippen LogP contribution < -0.4 is 0 Å². The lowest BCUT2D eigenvalue weighted by molar-refractivity contribution is -0.116. The van der Waals surface area contributed by atoms with Gasteiger partial charge in [-0.25, -0.2) is 0 Å². The van der Waals surface area contributed by atoms with Crippen molar-refractivity contribution in [3.05, 3.63) is 64.6 Å². The molecule has 1 atom stereocenters. The molecule has 0 spiro atoms. The van der Waals surface area contributed by atoms with Gasteiger partial charge in [0.15, 0.2) is 0 Å². The first-order chi connectivity index (χ1) is 9.16. The number of hydrogen-bond donors (Lipinski definition) is 0. The SMILES string of the molecule is O=C(Cc1ccccc1)CS(=O)c1ccccc1Br. The molecule has 2 aromatic carbocycles. The third kappa shape index (κ3) is 4.11. The smallest absolute Gasteiger partial charge is 0.150 e. The van der Waals surface area contributed by atoms with Gasteiger partial charge >= 0.3 is 0 Å². The van der Waals surface area contributed by atoms with E-state index in [-0.39, 0.29) is 11.5 Å². The van der Waals surface area contributed by atoms with Gasteiger partial charge in [-0.05, 0) is 33.6 Å². The molecule has 2 aromatic rings. The van der Waals surface area contributed by atoms with Crippen LogP contribution in [0.3, 0.4) is 0 Å². The fourth-order valence-electron chi connectivity index (χ4n) is 1.73. The lowest BCUT2D eigenvalue weighted by Gasteiger charge is -2.04. The molecular weight excluding hydrogens is 324 g/mol. The predicted molar refractivity (Wildman–Crippen MR) is 80.6 cm³/mol. The van der Waals surface area contributed by atoms with E-state index in [0.29, 0.717) is 11.3 Å². The maximum absolute atomic E-state index is 12.1. The molecule has 0 heterocycles. The molecule has 0 amide bonds. The highest BCUT2D eigenvalue weighted by atomic mass is 79.9. The average molecular weight is 337 g/mol. The number of rotatable bonds is 5. The fourth-order valence-corrected chi connectivity index (χ4v) is 3.62. The Morgan fingerprint density at radius 3 is 2.32 bits per heavy atom. The molecule has 0 saturated heterocycles. The maximum Gasteiger partial charge on any atom is 0.150 e. The lowest BCUT2D eigenvalue weighted by Crippen LogP contribution is -2.13. The molecule has 2 rings (SSSR count). The molecule has 0 N–H and O–H groups in total. The van der Waals surface area contributed by atoms with Gasteiger partial charge in [0.1, 0.15) is 5.78 Å². The van der Waals surface area contributed by atoms with Gasteiger partial charge in [-0.3, -0.25) is 9.00 Å². The van der Waals surface area contributed by atoms with E-state index < -0.39 is 10.8 Å². The first-order valence-corrected chi connectivity index (χ1v) is 7.96. The standard InChI is InChI=1S/C15H13BrO2S/c16-14-8-4-5-9-15(14)19(18)11-13(17)10-12-6-2-1-3-7-12/h1-9H,10-11H2. The van der Waals surface area contributed by atoms with Gasteiger partial charge in [0.05, 0.1) is 21.4 Å². The average Bonchev–Trinajstić information content (AvgIpc) is 2.40. The van der Waals surface area contributed by atoms with Crippen molar-refractivity contribution in [1.29, 1.82) is 0 Å². The summed E-state index contributed by atoms with van der Waals surface area (Å²) in [5.41, 5.74) is 0.955. The van der Waals surface area contributed by atoms with Crippen LogP contribution in [0.25, 0.3) is 0 Å². The molecule has 19 heavy (non-hydrogen) atoms. The molecule has 4 heteroatoms. The highest BCUT2D eigenvalue weighted by molar-refractivity contribution is 9.10. The van der Waals surface area contributed by atoms with Gasteiger partial charge in [0.2, 0.25) is 0 Å². The van der Waals surface area contributed by atoms with Crippen LogP contribution in [0.2, 0.25) is 0 Å². The van der Waals surface area contributed by atoms with Crippen LogP contribution in [-0.2, 0) is 22.0 Å². The van der Waals surface area contributed by atoms with Crippen molar-refractivity contribution < 1.29 is 9.00 Å². The van der Waals surface area contributed by atoms with Crippen molar-refractivity contribution in [3.8, 4) is 0 Å². The highest BCUT2D eigenvalue weighted by Gasteiger charge is 2.13. The van der Waals surface area contributed by atoms with Crippen LogP contribution in [0.4, 0.5) is 0 Å². The Bertz CT molecular complexity index is 596. The van der Waals surface area contributed by atoms with E-state index in [9.17, 15) is 9.00 Å². The van der Waals surface area contributed by atoms with Crippen LogP contribution in [0.15, 0.2) is 64.0 Å². The predicted octanol–water partition coefficient (Wildman–Crippen LogP) is 3.37. The largest absolute Gasteiger partial charge is 0.298 e. The Labute approximate surface area is 123 Å². The molecule has 0 radical (unpaired) electrons. The summed E-state index contributed by atoms with van der Waals surface area (Å²) in [6.07, 6.45) is 0.330. The molecule has 0 aromatic heterocycles. The molecule has 1 unspecified atom stereocenters. The maximum atomic E-state index is 12.1. The van der Waals surface area contributed by atoms with E-state index in [0.717, 1.165) is 10.0 Å². The number of Topliss-reactive ketones (excluding diaryl/α,β-unsaturated/α-hetero) is 1. The molecule has 98 valence electrons. The number of halogens is 1. The molecule has 0 bridgehead atoms. The zero-order valence-electron chi connectivity index (χ0n) is 10.2. The second-order valence-corrected chi connectivity index (χ2v) is 6.40. The van der Waals surface area contributed by atoms with Crippen molar-refractivity contribution in [1.82, 2.24) is 0 Å². The Balaban J connectivity index is 2.00. The summed E-state index contributed by atoms with van der Waals surface area (Å²) in [6, 6.07) is 16.8. The second-order valence-electron chi connectivity index (χ2n) is 4.12. The number of benzene rings is 2. The van der Waals surface area contributed by atoms with Gasteiger partial charge in [-0.1, -0.05) is 42.5 Å². The van der Waals surface area contributed by atoms with E-state index in [1.807, 2.05) is 48.5 Å². The number of hydrogen-bond acceptors (Lipinski definition) is 2. The fraction of sp³-hybridized carbons (Fsp3) is 0.133. The number of ketones is 1. The minimum atomic E-state index is -1.30. The van der Waals surface area contributed by atoms with E-state index in [1.54, 1.807) is 6.07 Å². The lowest BCUT2D eigenvalue weighted by atomic mass is 10.1. The van der Waals surface area contributed by atoms with Crippen LogP contribution in [0.5, 0.6) is 0 Å². The van der Waals surface area contributed by atoms with Gasteiger partial charge in [0, 0.05) is 10.9 Å². The molecule has 0 saturated carbocycles. The van der Waals surface area contributed by atoms with Gasteiger partial charge in [-0.15, -0.1) is 0 Å². The summed E-state index contributed by atoms with van der Waals surface area (Å²) in [5.74, 6) is 0.0395. The molecular formula is C15H13BrO2S. The Kier molecular flexibility index (Phi) is 5.05. The topological polar surface area (TPSA) is 34.1 Å². The Hall–Kier alpha value is -1.26. The second kappa shape index (κ2) is 6.78. The van der Waals surface area contributed by atoms with Gasteiger partial charge < -0.3 is 0 Å². The van der Waals surface area contributed by atoms with Crippen molar-refractivity contribution in [2.24, 2.45) is 0 Å². The molecule has 0 fully saturated rings. The number of carbonyl (C=O) groups is 1. The summed E-state index contributed by atoms with van der Waals surface area (Å²) >= 11 is 3.35. The van der Waals surface area contributed by atoms with E-state index in [4.69, 9.17) is 0 Å². The van der Waals surface area contributed by atoms with E-state index >= 15 is 0 Å². The van der Waals surface area contributed by atoms with E-state index in [1.165, 1.54) is 0 Å².